The summed E-state index contributed by atoms with van der Waals surface area (Å²) >= 11 is 0. The van der Waals surface area contributed by atoms with Crippen molar-refractivity contribution in [3.8, 4) is 0 Å². The zero-order chi connectivity index (χ0) is 8.85. The van der Waals surface area contributed by atoms with Gasteiger partial charge < -0.3 is 4.74 Å². The number of esters is 1. The van der Waals surface area contributed by atoms with E-state index in [2.05, 4.69) is 20.8 Å². The topological polar surface area (TPSA) is 26.3 Å². The van der Waals surface area contributed by atoms with Gasteiger partial charge in [0.25, 0.3) is 0 Å². The molecule has 0 saturated carbocycles. The highest BCUT2D eigenvalue weighted by Crippen LogP contribution is 2.12. The van der Waals surface area contributed by atoms with Crippen molar-refractivity contribution in [3.05, 3.63) is 0 Å². The quantitative estimate of drug-likeness (QED) is 0.587. The normalized spacial score (nSPS) is 13.2. The number of carbonyl (C=O) groups is 1. The maximum Gasteiger partial charge on any atom is 0.302 e. The summed E-state index contributed by atoms with van der Waals surface area (Å²) in [6, 6.07) is 0. The van der Waals surface area contributed by atoms with E-state index in [1.165, 1.54) is 6.92 Å². The summed E-state index contributed by atoms with van der Waals surface area (Å²) in [5.74, 6) is 0.260. The third-order valence-corrected chi connectivity index (χ3v) is 1.63. The molecule has 1 atom stereocenters. The molecule has 0 rings (SSSR count). The number of ether oxygens (including phenoxy) is 1. The molecule has 0 amide bonds. The lowest BCUT2D eigenvalue weighted by Gasteiger charge is -2.19. The van der Waals surface area contributed by atoms with Crippen LogP contribution in [0.5, 0.6) is 0 Å². The van der Waals surface area contributed by atoms with Gasteiger partial charge in [0.05, 0.1) is 0 Å². The van der Waals surface area contributed by atoms with Gasteiger partial charge in [-0.3, -0.25) is 4.79 Å². The van der Waals surface area contributed by atoms with Gasteiger partial charge in [-0.2, -0.15) is 0 Å². The van der Waals surface area contributed by atoms with Gasteiger partial charge in [0.2, 0.25) is 0 Å². The average molecular weight is 158 g/mol. The summed E-state index contributed by atoms with van der Waals surface area (Å²) in [7, 11) is 0. The maximum atomic E-state index is 10.6. The van der Waals surface area contributed by atoms with E-state index in [1.807, 2.05) is 0 Å². The lowest BCUT2D eigenvalue weighted by atomic mass is 10.0. The minimum Gasteiger partial charge on any atom is -0.462 e. The minimum absolute atomic E-state index is 0.109. The van der Waals surface area contributed by atoms with Crippen molar-refractivity contribution in [2.45, 2.75) is 46.6 Å². The Morgan fingerprint density at radius 1 is 1.45 bits per heavy atom. The van der Waals surface area contributed by atoms with Crippen LogP contribution in [-0.4, -0.2) is 12.1 Å². The van der Waals surface area contributed by atoms with Crippen LogP contribution >= 0.6 is 0 Å². The second-order valence-electron chi connectivity index (χ2n) is 3.18. The molecule has 0 N–H and O–H groups in total. The smallest absolute Gasteiger partial charge is 0.302 e. The van der Waals surface area contributed by atoms with Crippen molar-refractivity contribution in [1.29, 1.82) is 0 Å². The Morgan fingerprint density at radius 2 is 2.00 bits per heavy atom. The predicted octanol–water partition coefficient (Wildman–Crippen LogP) is 2.37. The van der Waals surface area contributed by atoms with Gasteiger partial charge in [0.15, 0.2) is 0 Å². The van der Waals surface area contributed by atoms with Crippen molar-refractivity contribution in [1.82, 2.24) is 0 Å². The van der Waals surface area contributed by atoms with Crippen LogP contribution in [0, 0.1) is 5.92 Å². The standard InChI is InChI=1S/C9H18O2/c1-5-6-9(7(2)3)11-8(4)10/h7,9H,5-6H2,1-4H3. The molecule has 0 aliphatic rings. The first-order chi connectivity index (χ1) is 5.07. The monoisotopic (exact) mass is 158 g/mol. The van der Waals surface area contributed by atoms with Crippen molar-refractivity contribution in [2.24, 2.45) is 5.92 Å². The third kappa shape index (κ3) is 4.82. The number of hydrogen-bond donors (Lipinski definition) is 0. The lowest BCUT2D eigenvalue weighted by Crippen LogP contribution is -2.21. The third-order valence-electron chi connectivity index (χ3n) is 1.63. The first kappa shape index (κ1) is 10.5. The zero-order valence-electron chi connectivity index (χ0n) is 7.89. The molecule has 0 bridgehead atoms. The average Bonchev–Trinajstić information content (AvgIpc) is 1.86. The van der Waals surface area contributed by atoms with Crippen LogP contribution in [0.2, 0.25) is 0 Å². The van der Waals surface area contributed by atoms with E-state index in [4.69, 9.17) is 4.74 Å². The minimum atomic E-state index is -0.169. The summed E-state index contributed by atoms with van der Waals surface area (Å²) in [4.78, 5) is 10.6. The van der Waals surface area contributed by atoms with Gasteiger partial charge in [-0.15, -0.1) is 0 Å². The Kier molecular flexibility index (Phi) is 4.92. The number of carbonyl (C=O) groups excluding carboxylic acids is 1. The highest BCUT2D eigenvalue weighted by molar-refractivity contribution is 5.66. The molecule has 0 radical (unpaired) electrons. The van der Waals surface area contributed by atoms with E-state index in [-0.39, 0.29) is 12.1 Å². The maximum absolute atomic E-state index is 10.6. The fourth-order valence-corrected chi connectivity index (χ4v) is 1.03. The summed E-state index contributed by atoms with van der Waals surface area (Å²) < 4.78 is 5.11. The second kappa shape index (κ2) is 5.16. The van der Waals surface area contributed by atoms with Gasteiger partial charge in [0, 0.05) is 6.92 Å². The Bertz CT molecular complexity index is 119. The van der Waals surface area contributed by atoms with E-state index < -0.39 is 0 Å². The second-order valence-corrected chi connectivity index (χ2v) is 3.18. The fourth-order valence-electron chi connectivity index (χ4n) is 1.03. The molecule has 2 nitrogen and oxygen atoms in total. The van der Waals surface area contributed by atoms with Gasteiger partial charge in [0.1, 0.15) is 6.10 Å². The van der Waals surface area contributed by atoms with E-state index in [1.54, 1.807) is 0 Å². The Morgan fingerprint density at radius 3 is 2.27 bits per heavy atom. The molecule has 0 heterocycles. The molecule has 0 saturated heterocycles. The van der Waals surface area contributed by atoms with Crippen LogP contribution in [0.1, 0.15) is 40.5 Å². The summed E-state index contributed by atoms with van der Waals surface area (Å²) in [5.41, 5.74) is 0. The van der Waals surface area contributed by atoms with E-state index >= 15 is 0 Å². The first-order valence-corrected chi connectivity index (χ1v) is 4.25. The van der Waals surface area contributed by atoms with Gasteiger partial charge in [-0.25, -0.2) is 0 Å². The molecule has 0 aliphatic carbocycles. The Labute approximate surface area is 68.9 Å². The molecular formula is C9H18O2. The predicted molar refractivity (Wildman–Crippen MR) is 45.3 cm³/mol. The highest BCUT2D eigenvalue weighted by Gasteiger charge is 2.14. The van der Waals surface area contributed by atoms with E-state index in [9.17, 15) is 4.79 Å². The Balaban J connectivity index is 3.79. The number of hydrogen-bond acceptors (Lipinski definition) is 2. The van der Waals surface area contributed by atoms with Crippen LogP contribution in [0.4, 0.5) is 0 Å². The van der Waals surface area contributed by atoms with Gasteiger partial charge in [-0.1, -0.05) is 27.2 Å². The molecular weight excluding hydrogens is 140 g/mol. The molecule has 66 valence electrons. The summed E-state index contributed by atoms with van der Waals surface area (Å²) in [5, 5.41) is 0. The van der Waals surface area contributed by atoms with Gasteiger partial charge in [-0.05, 0) is 12.3 Å². The van der Waals surface area contributed by atoms with Crippen molar-refractivity contribution >= 4 is 5.97 Å². The number of rotatable bonds is 4. The molecule has 0 aromatic heterocycles. The summed E-state index contributed by atoms with van der Waals surface area (Å²) in [6.45, 7) is 7.70. The molecule has 1 unspecified atom stereocenters. The largest absolute Gasteiger partial charge is 0.462 e. The lowest BCUT2D eigenvalue weighted by molar-refractivity contribution is -0.148. The molecule has 0 aliphatic heterocycles. The van der Waals surface area contributed by atoms with E-state index in [0.717, 1.165) is 12.8 Å². The molecule has 0 fully saturated rings. The van der Waals surface area contributed by atoms with Crippen molar-refractivity contribution < 1.29 is 9.53 Å². The fraction of sp³-hybridized carbons (Fsp3) is 0.889. The molecule has 2 heteroatoms. The van der Waals surface area contributed by atoms with Crippen LogP contribution in [0.25, 0.3) is 0 Å². The molecule has 0 spiro atoms. The van der Waals surface area contributed by atoms with Crippen LogP contribution in [0.15, 0.2) is 0 Å². The Hall–Kier alpha value is -0.530. The van der Waals surface area contributed by atoms with Crippen molar-refractivity contribution in [2.75, 3.05) is 0 Å². The SMILES string of the molecule is CCCC(OC(C)=O)C(C)C. The zero-order valence-corrected chi connectivity index (χ0v) is 7.89. The van der Waals surface area contributed by atoms with Crippen LogP contribution in [0.3, 0.4) is 0 Å². The van der Waals surface area contributed by atoms with Crippen LogP contribution in [-0.2, 0) is 9.53 Å². The molecule has 0 aromatic carbocycles. The van der Waals surface area contributed by atoms with Crippen LogP contribution < -0.4 is 0 Å². The summed E-state index contributed by atoms with van der Waals surface area (Å²) in [6.07, 6.45) is 2.14. The van der Waals surface area contributed by atoms with Gasteiger partial charge >= 0.3 is 5.97 Å². The first-order valence-electron chi connectivity index (χ1n) is 4.25. The van der Waals surface area contributed by atoms with Crippen molar-refractivity contribution in [3.63, 3.8) is 0 Å². The molecule has 11 heavy (non-hydrogen) atoms. The van der Waals surface area contributed by atoms with E-state index in [0.29, 0.717) is 5.92 Å². The molecule has 0 aromatic rings. The highest BCUT2D eigenvalue weighted by atomic mass is 16.5.